The summed E-state index contributed by atoms with van der Waals surface area (Å²) in [6.07, 6.45) is 0.933. The number of carboxylic acids is 3. The summed E-state index contributed by atoms with van der Waals surface area (Å²) < 4.78 is 0. The predicted octanol–water partition coefficient (Wildman–Crippen LogP) is 0.698. The Morgan fingerprint density at radius 3 is 1.49 bits per heavy atom. The Hall–Kier alpha value is -3.51. The molecule has 0 fully saturated rings. The highest BCUT2D eigenvalue weighted by Gasteiger charge is 2.25. The summed E-state index contributed by atoms with van der Waals surface area (Å²) in [5, 5.41) is 34.6. The summed E-state index contributed by atoms with van der Waals surface area (Å²) in [6.45, 7) is 5.16. The number of hydrogen-bond acceptors (Lipinski definition) is 7. The van der Waals surface area contributed by atoms with Crippen LogP contribution in [0.25, 0.3) is 0 Å². The third-order valence-electron chi connectivity index (χ3n) is 5.89. The number of ketones is 1. The number of rotatable bonds is 20. The maximum Gasteiger partial charge on any atom is 0.326 e. The van der Waals surface area contributed by atoms with Crippen LogP contribution in [0.2, 0.25) is 0 Å². The highest BCUT2D eigenvalue weighted by molar-refractivity contribution is 5.86. The summed E-state index contributed by atoms with van der Waals surface area (Å²) in [6, 6.07) is -2.77. The van der Waals surface area contributed by atoms with E-state index in [4.69, 9.17) is 5.11 Å². The molecular formula is C24H39N3O10. The van der Waals surface area contributed by atoms with E-state index in [9.17, 15) is 43.8 Å². The Labute approximate surface area is 215 Å². The number of carbonyl (C=O) groups excluding carboxylic acids is 4. The monoisotopic (exact) mass is 529 g/mol. The highest BCUT2D eigenvalue weighted by atomic mass is 16.4. The van der Waals surface area contributed by atoms with Crippen molar-refractivity contribution in [1.29, 1.82) is 0 Å². The predicted molar refractivity (Wildman–Crippen MR) is 130 cm³/mol. The fourth-order valence-electron chi connectivity index (χ4n) is 3.16. The molecule has 37 heavy (non-hydrogen) atoms. The molecule has 0 aromatic rings. The highest BCUT2D eigenvalue weighted by Crippen LogP contribution is 2.09. The molecule has 0 spiro atoms. The van der Waals surface area contributed by atoms with E-state index >= 15 is 0 Å². The maximum absolute atomic E-state index is 12.2. The van der Waals surface area contributed by atoms with Crippen molar-refractivity contribution in [2.45, 2.75) is 90.6 Å². The van der Waals surface area contributed by atoms with Crippen molar-refractivity contribution >= 4 is 41.4 Å². The van der Waals surface area contributed by atoms with Crippen molar-refractivity contribution in [3.63, 3.8) is 0 Å². The molecule has 13 nitrogen and oxygen atoms in total. The Bertz CT molecular complexity index is 830. The van der Waals surface area contributed by atoms with Gasteiger partial charge in [0.1, 0.15) is 17.9 Å². The SMILES string of the molecule is CC(=O)[C@@H](C)CCCCNC(=O)CC[C@H](NC(=O)CC[C@H](NC(=O)CC[C@H](C)C(=O)O)C(=O)O)C(=O)O. The number of aliphatic carboxylic acids is 3. The lowest BCUT2D eigenvalue weighted by atomic mass is 10.0. The van der Waals surface area contributed by atoms with Gasteiger partial charge in [-0.2, -0.15) is 0 Å². The van der Waals surface area contributed by atoms with Gasteiger partial charge >= 0.3 is 17.9 Å². The van der Waals surface area contributed by atoms with Crippen LogP contribution in [0, 0.1) is 11.8 Å². The first kappa shape index (κ1) is 33.5. The number of carboxylic acid groups (broad SMARTS) is 3. The molecule has 210 valence electrons. The number of nitrogens with one attached hydrogen (secondary N) is 3. The molecule has 4 atom stereocenters. The molecule has 3 amide bonds. The molecule has 0 aliphatic carbocycles. The zero-order valence-electron chi connectivity index (χ0n) is 21.6. The van der Waals surface area contributed by atoms with Gasteiger partial charge in [0.05, 0.1) is 5.92 Å². The molecule has 13 heteroatoms. The lowest BCUT2D eigenvalue weighted by Crippen LogP contribution is -2.44. The van der Waals surface area contributed by atoms with Gasteiger partial charge in [-0.25, -0.2) is 9.59 Å². The average Bonchev–Trinajstić information content (AvgIpc) is 2.81. The summed E-state index contributed by atoms with van der Waals surface area (Å²) >= 11 is 0. The van der Waals surface area contributed by atoms with Crippen molar-refractivity contribution < 1.29 is 48.9 Å². The van der Waals surface area contributed by atoms with Gasteiger partial charge in [0.2, 0.25) is 17.7 Å². The summed E-state index contributed by atoms with van der Waals surface area (Å²) in [7, 11) is 0. The first-order chi connectivity index (χ1) is 17.2. The molecule has 0 aromatic carbocycles. The topological polar surface area (TPSA) is 216 Å². The van der Waals surface area contributed by atoms with Crippen LogP contribution >= 0.6 is 0 Å². The molecule has 0 bridgehead atoms. The summed E-state index contributed by atoms with van der Waals surface area (Å²) in [5.41, 5.74) is 0. The van der Waals surface area contributed by atoms with Crippen molar-refractivity contribution in [3.8, 4) is 0 Å². The van der Waals surface area contributed by atoms with E-state index in [-0.39, 0.29) is 49.7 Å². The average molecular weight is 530 g/mol. The van der Waals surface area contributed by atoms with Crippen LogP contribution < -0.4 is 16.0 Å². The van der Waals surface area contributed by atoms with Crippen molar-refractivity contribution in [2.75, 3.05) is 6.54 Å². The standard InChI is InChI=1S/C24H39N3O10/c1-14(16(3)28)6-4-5-13-25-19(29)11-8-17(23(34)35)27-21(31)12-9-18(24(36)37)26-20(30)10-7-15(2)22(32)33/h14-15,17-18H,4-13H2,1-3H3,(H,25,29)(H,26,30)(H,27,31)(H,32,33)(H,34,35)(H,36,37)/t14-,15-,17-,18-/m0/s1. The maximum atomic E-state index is 12.2. The van der Waals surface area contributed by atoms with Crippen LogP contribution in [-0.4, -0.2) is 75.4 Å². The van der Waals surface area contributed by atoms with Crippen molar-refractivity contribution in [1.82, 2.24) is 16.0 Å². The van der Waals surface area contributed by atoms with E-state index in [2.05, 4.69) is 16.0 Å². The molecule has 0 aliphatic rings. The van der Waals surface area contributed by atoms with Gasteiger partial charge in [-0.15, -0.1) is 0 Å². The van der Waals surface area contributed by atoms with E-state index in [1.807, 2.05) is 6.92 Å². The molecule has 0 rings (SSSR count). The first-order valence-corrected chi connectivity index (χ1v) is 12.3. The number of amides is 3. The number of hydrogen-bond donors (Lipinski definition) is 6. The Morgan fingerprint density at radius 2 is 1.05 bits per heavy atom. The molecule has 0 heterocycles. The molecule has 6 N–H and O–H groups in total. The molecular weight excluding hydrogens is 490 g/mol. The van der Waals surface area contributed by atoms with Crippen LogP contribution in [0.4, 0.5) is 0 Å². The van der Waals surface area contributed by atoms with E-state index in [0.29, 0.717) is 19.4 Å². The van der Waals surface area contributed by atoms with Gasteiger partial charge in [-0.05, 0) is 39.0 Å². The van der Waals surface area contributed by atoms with Crippen LogP contribution in [0.3, 0.4) is 0 Å². The van der Waals surface area contributed by atoms with Gasteiger partial charge < -0.3 is 31.3 Å². The summed E-state index contributed by atoms with van der Waals surface area (Å²) in [4.78, 5) is 80.9. The largest absolute Gasteiger partial charge is 0.481 e. The Balaban J connectivity index is 4.48. The second kappa shape index (κ2) is 17.8. The lowest BCUT2D eigenvalue weighted by molar-refractivity contribution is -0.144. The zero-order valence-corrected chi connectivity index (χ0v) is 21.6. The third kappa shape index (κ3) is 16.0. The van der Waals surface area contributed by atoms with Crippen LogP contribution in [-0.2, 0) is 33.6 Å². The number of unbranched alkanes of at least 4 members (excludes halogenated alkanes) is 1. The lowest BCUT2D eigenvalue weighted by Gasteiger charge is -2.17. The minimum absolute atomic E-state index is 0.0148. The summed E-state index contributed by atoms with van der Waals surface area (Å²) in [5.74, 6) is -6.36. The quantitative estimate of drug-likeness (QED) is 0.121. The molecule has 0 radical (unpaired) electrons. The fourth-order valence-corrected chi connectivity index (χ4v) is 3.16. The second-order valence-electron chi connectivity index (χ2n) is 9.13. The number of Topliss-reactive ketones (excluding diaryl/α,β-unsaturated/α-hetero) is 1. The molecule has 0 aromatic heterocycles. The van der Waals surface area contributed by atoms with E-state index in [1.165, 1.54) is 13.8 Å². The van der Waals surface area contributed by atoms with E-state index < -0.39 is 54.1 Å². The van der Waals surface area contributed by atoms with Crippen LogP contribution in [0.5, 0.6) is 0 Å². The molecule has 0 aliphatic heterocycles. The van der Waals surface area contributed by atoms with Gasteiger partial charge in [-0.3, -0.25) is 24.0 Å². The first-order valence-electron chi connectivity index (χ1n) is 12.3. The zero-order chi connectivity index (χ0) is 28.5. The minimum atomic E-state index is -1.41. The molecule has 0 unspecified atom stereocenters. The van der Waals surface area contributed by atoms with E-state index in [0.717, 1.165) is 6.42 Å². The van der Waals surface area contributed by atoms with Crippen molar-refractivity contribution in [2.24, 2.45) is 11.8 Å². The fraction of sp³-hybridized carbons (Fsp3) is 0.708. The van der Waals surface area contributed by atoms with Gasteiger partial charge in [0.15, 0.2) is 0 Å². The Morgan fingerprint density at radius 1 is 0.595 bits per heavy atom. The van der Waals surface area contributed by atoms with Gasteiger partial charge in [0.25, 0.3) is 0 Å². The number of carbonyl (C=O) groups is 7. The Kier molecular flexibility index (Phi) is 16.2. The smallest absolute Gasteiger partial charge is 0.326 e. The van der Waals surface area contributed by atoms with Crippen LogP contribution in [0.1, 0.15) is 78.6 Å². The van der Waals surface area contributed by atoms with Crippen molar-refractivity contribution in [3.05, 3.63) is 0 Å². The normalized spacial score (nSPS) is 13.9. The second-order valence-corrected chi connectivity index (χ2v) is 9.13. The molecule has 0 saturated carbocycles. The van der Waals surface area contributed by atoms with Crippen LogP contribution in [0.15, 0.2) is 0 Å². The van der Waals surface area contributed by atoms with Gasteiger partial charge in [-0.1, -0.05) is 20.3 Å². The molecule has 0 saturated heterocycles. The minimum Gasteiger partial charge on any atom is -0.481 e. The van der Waals surface area contributed by atoms with E-state index in [1.54, 1.807) is 0 Å². The third-order valence-corrected chi connectivity index (χ3v) is 5.89. The van der Waals surface area contributed by atoms with Gasteiger partial charge in [0, 0.05) is 31.7 Å².